The third kappa shape index (κ3) is 6.52. The van der Waals surface area contributed by atoms with Gasteiger partial charge < -0.3 is 15.2 Å². The molecule has 63 heavy (non-hydrogen) atoms. The Morgan fingerprint density at radius 3 is 1.71 bits per heavy atom. The Labute approximate surface area is 366 Å². The summed E-state index contributed by atoms with van der Waals surface area (Å²) in [5.41, 5.74) is 17.2. The molecular weight excluding hydrogens is 765 g/mol. The van der Waals surface area contributed by atoms with E-state index in [4.69, 9.17) is 4.99 Å². The molecule has 4 heteroatoms. The normalized spacial score (nSPS) is 15.8. The summed E-state index contributed by atoms with van der Waals surface area (Å²) < 4.78 is 2.37. The van der Waals surface area contributed by atoms with Crippen LogP contribution in [0.4, 0.5) is 5.69 Å². The molecule has 4 nitrogen and oxygen atoms in total. The molecule has 2 aliphatic heterocycles. The van der Waals surface area contributed by atoms with Gasteiger partial charge in [-0.1, -0.05) is 188 Å². The molecule has 0 fully saturated rings. The second-order valence-corrected chi connectivity index (χ2v) is 16.4. The lowest BCUT2D eigenvalue weighted by atomic mass is 9.84. The Bertz CT molecular complexity index is 3380. The number of allylic oxidation sites excluding steroid dienone is 1. The number of aromatic nitrogens is 1. The van der Waals surface area contributed by atoms with Crippen LogP contribution in [-0.2, 0) is 0 Å². The van der Waals surface area contributed by atoms with Crippen LogP contribution in [0.25, 0.3) is 60.7 Å². The van der Waals surface area contributed by atoms with Crippen LogP contribution in [0.1, 0.15) is 45.6 Å². The first kappa shape index (κ1) is 36.6. The molecule has 0 radical (unpaired) electrons. The molecule has 0 saturated carbocycles. The van der Waals surface area contributed by atoms with Gasteiger partial charge in [0.05, 0.1) is 22.8 Å². The van der Waals surface area contributed by atoms with E-state index in [2.05, 4.69) is 246 Å². The number of aliphatic imine (C=N–C) groups is 1. The third-order valence-corrected chi connectivity index (χ3v) is 12.6. The highest BCUT2D eigenvalue weighted by Gasteiger charge is 2.26. The van der Waals surface area contributed by atoms with E-state index in [1.54, 1.807) is 0 Å². The van der Waals surface area contributed by atoms with Crippen LogP contribution in [0, 0.1) is 0 Å². The van der Waals surface area contributed by atoms with Crippen molar-refractivity contribution in [2.45, 2.75) is 12.2 Å². The lowest BCUT2D eigenvalue weighted by Gasteiger charge is -2.29. The highest BCUT2D eigenvalue weighted by molar-refractivity contribution is 6.14. The Morgan fingerprint density at radius 2 is 1.02 bits per heavy atom. The molecule has 1 aromatic heterocycles. The number of hydrogen-bond acceptors (Lipinski definition) is 3. The van der Waals surface area contributed by atoms with Crippen molar-refractivity contribution in [2.75, 3.05) is 5.32 Å². The topological polar surface area (TPSA) is 41.4 Å². The van der Waals surface area contributed by atoms with Gasteiger partial charge in [0.2, 0.25) is 0 Å². The first-order chi connectivity index (χ1) is 31.2. The molecule has 0 amide bonds. The summed E-state index contributed by atoms with van der Waals surface area (Å²) in [7, 11) is 0. The first-order valence-corrected chi connectivity index (χ1v) is 21.7. The van der Waals surface area contributed by atoms with Gasteiger partial charge in [0.1, 0.15) is 6.17 Å². The molecule has 2 aliphatic rings. The number of nitrogens with one attached hydrogen (secondary N) is 2. The Balaban J connectivity index is 0.942. The minimum atomic E-state index is -0.293. The van der Waals surface area contributed by atoms with Crippen molar-refractivity contribution >= 4 is 55.2 Å². The van der Waals surface area contributed by atoms with Crippen LogP contribution in [0.15, 0.2) is 236 Å². The van der Waals surface area contributed by atoms with E-state index in [0.717, 1.165) is 45.0 Å². The number of anilines is 1. The van der Waals surface area contributed by atoms with Gasteiger partial charge in [-0.05, 0) is 92.2 Å². The van der Waals surface area contributed by atoms with Gasteiger partial charge >= 0.3 is 0 Å². The predicted octanol–water partition coefficient (Wildman–Crippen LogP) is 14.3. The van der Waals surface area contributed by atoms with Crippen molar-refractivity contribution in [1.29, 1.82) is 0 Å². The van der Waals surface area contributed by atoms with E-state index in [1.165, 1.54) is 60.4 Å². The Kier molecular flexibility index (Phi) is 8.93. The van der Waals surface area contributed by atoms with Crippen molar-refractivity contribution in [3.63, 3.8) is 0 Å². The highest BCUT2D eigenvalue weighted by atomic mass is 15.1. The molecule has 0 bridgehead atoms. The predicted molar refractivity (Wildman–Crippen MR) is 263 cm³/mol. The van der Waals surface area contributed by atoms with Crippen molar-refractivity contribution in [1.82, 2.24) is 9.88 Å². The maximum Gasteiger partial charge on any atom is 0.145 e. The minimum absolute atomic E-state index is 0.0317. The number of hydrogen-bond donors (Lipinski definition) is 2. The molecule has 0 spiro atoms. The second kappa shape index (κ2) is 15.4. The van der Waals surface area contributed by atoms with Gasteiger partial charge in [0.15, 0.2) is 0 Å². The van der Waals surface area contributed by atoms with Gasteiger partial charge in [-0.2, -0.15) is 0 Å². The Morgan fingerprint density at radius 1 is 0.429 bits per heavy atom. The van der Waals surface area contributed by atoms with Crippen molar-refractivity contribution in [3.8, 4) is 16.8 Å². The third-order valence-electron chi connectivity index (χ3n) is 12.6. The van der Waals surface area contributed by atoms with Gasteiger partial charge in [-0.3, -0.25) is 4.99 Å². The monoisotopic (exact) mass is 806 g/mol. The average Bonchev–Trinajstić information content (AvgIpc) is 3.71. The summed E-state index contributed by atoms with van der Waals surface area (Å²) in [6, 6.07) is 78.4. The van der Waals surface area contributed by atoms with Crippen LogP contribution in [0.5, 0.6) is 0 Å². The molecule has 2 unspecified atom stereocenters. The fraction of sp³-hybridized carbons (Fsp3) is 0.0339. The quantitative estimate of drug-likeness (QED) is 0.168. The Hall–Kier alpha value is -8.21. The van der Waals surface area contributed by atoms with Gasteiger partial charge in [-0.15, -0.1) is 0 Å². The zero-order valence-corrected chi connectivity index (χ0v) is 34.5. The molecule has 2 N–H and O–H groups in total. The maximum atomic E-state index is 5.43. The summed E-state index contributed by atoms with van der Waals surface area (Å²) >= 11 is 0. The lowest BCUT2D eigenvalue weighted by Crippen LogP contribution is -2.24. The van der Waals surface area contributed by atoms with Crippen LogP contribution in [0.3, 0.4) is 0 Å². The number of rotatable bonds is 7. The number of para-hydroxylation sites is 2. The highest BCUT2D eigenvalue weighted by Crippen LogP contribution is 2.46. The SMILES string of the molecule is C1=C(c2ccccc2)NC(c2ccc(-c3cc4c(c5ccccc35)C(c3ccccc3)=CC(c3ccccc3)N4)cc2)N=C1c1cccc(-n2c3ccccc3c3ccccc32)c1. The maximum absolute atomic E-state index is 5.43. The number of nitrogens with zero attached hydrogens (tertiary/aromatic N) is 2. The van der Waals surface area contributed by atoms with E-state index >= 15 is 0 Å². The number of fused-ring (bicyclic) bond motifs is 6. The number of benzene rings is 9. The van der Waals surface area contributed by atoms with Crippen LogP contribution in [-0.4, -0.2) is 10.3 Å². The van der Waals surface area contributed by atoms with E-state index in [-0.39, 0.29) is 12.2 Å². The zero-order chi connectivity index (χ0) is 41.7. The molecule has 298 valence electrons. The summed E-state index contributed by atoms with van der Waals surface area (Å²) in [5, 5.41) is 12.7. The van der Waals surface area contributed by atoms with E-state index < -0.39 is 0 Å². The lowest BCUT2D eigenvalue weighted by molar-refractivity contribution is 0.664. The van der Waals surface area contributed by atoms with Crippen molar-refractivity contribution in [2.24, 2.45) is 4.99 Å². The van der Waals surface area contributed by atoms with Gasteiger partial charge in [0.25, 0.3) is 0 Å². The molecule has 0 aliphatic carbocycles. The van der Waals surface area contributed by atoms with Crippen LogP contribution < -0.4 is 10.6 Å². The molecule has 10 aromatic rings. The fourth-order valence-electron chi connectivity index (χ4n) is 9.66. The minimum Gasteiger partial charge on any atom is -0.374 e. The first-order valence-electron chi connectivity index (χ1n) is 21.7. The van der Waals surface area contributed by atoms with E-state index in [9.17, 15) is 0 Å². The summed E-state index contributed by atoms with van der Waals surface area (Å²) in [5.74, 6) is 0. The largest absolute Gasteiger partial charge is 0.374 e. The van der Waals surface area contributed by atoms with Crippen LogP contribution in [0.2, 0.25) is 0 Å². The zero-order valence-electron chi connectivity index (χ0n) is 34.5. The van der Waals surface area contributed by atoms with E-state index in [1.807, 2.05) is 0 Å². The van der Waals surface area contributed by atoms with Gasteiger partial charge in [-0.25, -0.2) is 0 Å². The van der Waals surface area contributed by atoms with Crippen molar-refractivity contribution in [3.05, 3.63) is 264 Å². The fourth-order valence-corrected chi connectivity index (χ4v) is 9.66. The van der Waals surface area contributed by atoms with Crippen molar-refractivity contribution < 1.29 is 0 Å². The molecular formula is C59H42N4. The molecule has 0 saturated heterocycles. The molecule has 12 rings (SSSR count). The van der Waals surface area contributed by atoms with Crippen LogP contribution >= 0.6 is 0 Å². The molecule has 3 heterocycles. The molecule has 2 atom stereocenters. The standard InChI is InChI=1S/C59H42N4/c1-4-17-39(18-5-1)51-37-52(41-19-6-2-7-20-41)60-55-36-50(46-25-10-11-28-49(46)58(51)55)40-31-33-43(34-32-40)59-61-53(42-21-8-3-9-22-42)38-54(62-59)44-23-16-24-45(35-44)63-56-29-14-12-26-47(56)48-27-13-15-30-57(48)63/h1-38,52,59-61H. The smallest absolute Gasteiger partial charge is 0.145 e. The van der Waals surface area contributed by atoms with E-state index in [0.29, 0.717) is 0 Å². The average molecular weight is 807 g/mol. The summed E-state index contributed by atoms with van der Waals surface area (Å²) in [6.45, 7) is 0. The second-order valence-electron chi connectivity index (χ2n) is 16.4. The molecule has 9 aromatic carbocycles. The summed E-state index contributed by atoms with van der Waals surface area (Å²) in [4.78, 5) is 5.43. The summed E-state index contributed by atoms with van der Waals surface area (Å²) in [6.07, 6.45) is 4.29. The van der Waals surface area contributed by atoms with Gasteiger partial charge in [0, 0.05) is 39.0 Å².